The summed E-state index contributed by atoms with van der Waals surface area (Å²) in [5.41, 5.74) is 9.81. The number of nitrogens with zero attached hydrogens (tertiary/aromatic N) is 2. The van der Waals surface area contributed by atoms with Crippen molar-refractivity contribution < 1.29 is 4.79 Å². The van der Waals surface area contributed by atoms with Crippen LogP contribution in [0.25, 0.3) is 0 Å². The van der Waals surface area contributed by atoms with Gasteiger partial charge in [-0.15, -0.1) is 0 Å². The number of hydrogen-bond donors (Lipinski definition) is 3. The number of aryl methyl sites for hydroxylation is 1. The summed E-state index contributed by atoms with van der Waals surface area (Å²) in [6.45, 7) is 8.05. The molecule has 0 fully saturated rings. The van der Waals surface area contributed by atoms with Crippen molar-refractivity contribution in [3.8, 4) is 0 Å². The molecule has 2 aromatic rings. The molecular weight excluding hydrogens is 382 g/mol. The number of thiocarbonyl (C=S) groups is 1. The largest absolute Gasteiger partial charge is 0.376 e. The Labute approximate surface area is 179 Å². The average Bonchev–Trinajstić information content (AvgIpc) is 2.68. The Hall–Kier alpha value is -2.48. The van der Waals surface area contributed by atoms with Crippen molar-refractivity contribution >= 4 is 34.6 Å². The molecule has 0 aromatic heterocycles. The molecule has 29 heavy (non-hydrogen) atoms. The second-order valence-electron chi connectivity index (χ2n) is 7.30. The zero-order valence-corrected chi connectivity index (χ0v) is 18.5. The highest BCUT2D eigenvalue weighted by Gasteiger charge is 2.09. The molecule has 0 spiro atoms. The van der Waals surface area contributed by atoms with Gasteiger partial charge in [-0.2, -0.15) is 0 Å². The SMILES string of the molecule is CCN(C)CCN(C)Cc1ccc(C(=O)Nc2ccc(C)c(NC(N)=S)c2)cc1. The van der Waals surface area contributed by atoms with Crippen LogP contribution in [0, 0.1) is 6.92 Å². The molecule has 4 N–H and O–H groups in total. The molecule has 0 radical (unpaired) electrons. The average molecular weight is 414 g/mol. The fourth-order valence-electron chi connectivity index (χ4n) is 2.82. The molecule has 0 aliphatic carbocycles. The van der Waals surface area contributed by atoms with Crippen molar-refractivity contribution in [1.82, 2.24) is 9.80 Å². The summed E-state index contributed by atoms with van der Waals surface area (Å²) in [6.07, 6.45) is 0. The number of hydrogen-bond acceptors (Lipinski definition) is 4. The van der Waals surface area contributed by atoms with Gasteiger partial charge in [0.2, 0.25) is 0 Å². The third kappa shape index (κ3) is 7.45. The van der Waals surface area contributed by atoms with Crippen molar-refractivity contribution in [3.63, 3.8) is 0 Å². The number of nitrogens with two attached hydrogens (primary N) is 1. The number of amides is 1. The van der Waals surface area contributed by atoms with Gasteiger partial charge in [0.15, 0.2) is 5.11 Å². The highest BCUT2D eigenvalue weighted by molar-refractivity contribution is 7.80. The highest BCUT2D eigenvalue weighted by atomic mass is 32.1. The zero-order valence-electron chi connectivity index (χ0n) is 17.7. The lowest BCUT2D eigenvalue weighted by Crippen LogP contribution is -2.30. The minimum absolute atomic E-state index is 0.153. The zero-order chi connectivity index (χ0) is 21.4. The smallest absolute Gasteiger partial charge is 0.255 e. The van der Waals surface area contributed by atoms with Gasteiger partial charge in [0.25, 0.3) is 5.91 Å². The van der Waals surface area contributed by atoms with E-state index in [1.807, 2.05) is 49.4 Å². The first kappa shape index (κ1) is 22.8. The van der Waals surface area contributed by atoms with Crippen LogP contribution in [0.5, 0.6) is 0 Å². The fourth-order valence-corrected chi connectivity index (χ4v) is 2.93. The normalized spacial score (nSPS) is 11.0. The van der Waals surface area contributed by atoms with Gasteiger partial charge in [0, 0.05) is 36.6 Å². The topological polar surface area (TPSA) is 73.6 Å². The van der Waals surface area contributed by atoms with E-state index in [0.717, 1.165) is 37.4 Å². The molecule has 0 bridgehead atoms. The van der Waals surface area contributed by atoms with Crippen molar-refractivity contribution in [2.24, 2.45) is 5.73 Å². The summed E-state index contributed by atoms with van der Waals surface area (Å²) in [7, 11) is 4.23. The van der Waals surface area contributed by atoms with Gasteiger partial charge in [-0.3, -0.25) is 4.79 Å². The quantitative estimate of drug-likeness (QED) is 0.548. The van der Waals surface area contributed by atoms with Crippen molar-refractivity contribution in [2.45, 2.75) is 20.4 Å². The lowest BCUT2D eigenvalue weighted by Gasteiger charge is -2.21. The van der Waals surface area contributed by atoms with Gasteiger partial charge >= 0.3 is 0 Å². The number of anilines is 2. The Morgan fingerprint density at radius 3 is 2.31 bits per heavy atom. The number of benzene rings is 2. The minimum atomic E-state index is -0.153. The number of carbonyl (C=O) groups is 1. The lowest BCUT2D eigenvalue weighted by atomic mass is 10.1. The van der Waals surface area contributed by atoms with Crippen LogP contribution in [0.4, 0.5) is 11.4 Å². The molecule has 0 atom stereocenters. The minimum Gasteiger partial charge on any atom is -0.376 e. The second kappa shape index (κ2) is 10.9. The van der Waals surface area contributed by atoms with Crippen molar-refractivity contribution in [1.29, 1.82) is 0 Å². The molecule has 0 saturated carbocycles. The van der Waals surface area contributed by atoms with E-state index in [9.17, 15) is 4.79 Å². The Morgan fingerprint density at radius 1 is 1.03 bits per heavy atom. The highest BCUT2D eigenvalue weighted by Crippen LogP contribution is 2.21. The molecule has 0 aliphatic rings. The Morgan fingerprint density at radius 2 is 1.69 bits per heavy atom. The number of rotatable bonds is 9. The molecule has 6 nitrogen and oxygen atoms in total. The number of nitrogens with one attached hydrogen (secondary N) is 2. The summed E-state index contributed by atoms with van der Waals surface area (Å²) in [6, 6.07) is 13.3. The van der Waals surface area contributed by atoms with Crippen LogP contribution in [0.1, 0.15) is 28.4 Å². The van der Waals surface area contributed by atoms with E-state index in [1.54, 1.807) is 0 Å². The van der Waals surface area contributed by atoms with Crippen LogP contribution in [-0.2, 0) is 6.54 Å². The molecule has 0 unspecified atom stereocenters. The van der Waals surface area contributed by atoms with Crippen LogP contribution < -0.4 is 16.4 Å². The fraction of sp³-hybridized carbons (Fsp3) is 0.364. The van der Waals surface area contributed by atoms with Gasteiger partial charge in [-0.05, 0) is 75.2 Å². The maximum Gasteiger partial charge on any atom is 0.255 e. The van der Waals surface area contributed by atoms with E-state index in [4.69, 9.17) is 18.0 Å². The molecule has 0 heterocycles. The Bertz CT molecular complexity index is 838. The molecular formula is C22H31N5OS. The van der Waals surface area contributed by atoms with Gasteiger partial charge in [-0.1, -0.05) is 25.1 Å². The maximum atomic E-state index is 12.6. The van der Waals surface area contributed by atoms with E-state index in [2.05, 4.69) is 41.5 Å². The lowest BCUT2D eigenvalue weighted by molar-refractivity contribution is 0.102. The summed E-state index contributed by atoms with van der Waals surface area (Å²) < 4.78 is 0. The Balaban J connectivity index is 1.96. The molecule has 1 amide bonds. The third-order valence-electron chi connectivity index (χ3n) is 4.83. The summed E-state index contributed by atoms with van der Waals surface area (Å²) in [4.78, 5) is 17.1. The number of likely N-dealkylation sites (N-methyl/N-ethyl adjacent to an activating group) is 2. The molecule has 0 saturated heterocycles. The number of carbonyl (C=O) groups excluding carboxylic acids is 1. The Kier molecular flexibility index (Phi) is 8.57. The van der Waals surface area contributed by atoms with Crippen LogP contribution in [0.3, 0.4) is 0 Å². The van der Waals surface area contributed by atoms with Crippen LogP contribution in [0.15, 0.2) is 42.5 Å². The van der Waals surface area contributed by atoms with Gasteiger partial charge in [-0.25, -0.2) is 0 Å². The van der Waals surface area contributed by atoms with Crippen LogP contribution >= 0.6 is 12.2 Å². The maximum absolute atomic E-state index is 12.6. The van der Waals surface area contributed by atoms with E-state index in [-0.39, 0.29) is 11.0 Å². The van der Waals surface area contributed by atoms with Gasteiger partial charge in [0.05, 0.1) is 0 Å². The second-order valence-corrected chi connectivity index (χ2v) is 7.74. The van der Waals surface area contributed by atoms with E-state index in [0.29, 0.717) is 11.3 Å². The van der Waals surface area contributed by atoms with E-state index < -0.39 is 0 Å². The molecule has 2 aromatic carbocycles. The molecule has 0 aliphatic heterocycles. The van der Waals surface area contributed by atoms with Crippen LogP contribution in [-0.4, -0.2) is 54.5 Å². The molecule has 2 rings (SSSR count). The molecule has 156 valence electrons. The molecule has 7 heteroatoms. The predicted octanol–water partition coefficient (Wildman–Crippen LogP) is 3.29. The first-order valence-electron chi connectivity index (χ1n) is 9.73. The monoisotopic (exact) mass is 413 g/mol. The first-order valence-corrected chi connectivity index (χ1v) is 10.1. The van der Waals surface area contributed by atoms with E-state index in [1.165, 1.54) is 5.56 Å². The van der Waals surface area contributed by atoms with Crippen molar-refractivity contribution in [3.05, 3.63) is 59.2 Å². The summed E-state index contributed by atoms with van der Waals surface area (Å²) in [5.74, 6) is -0.153. The van der Waals surface area contributed by atoms with E-state index >= 15 is 0 Å². The third-order valence-corrected chi connectivity index (χ3v) is 4.93. The van der Waals surface area contributed by atoms with Crippen LogP contribution in [0.2, 0.25) is 0 Å². The van der Waals surface area contributed by atoms with Gasteiger partial charge < -0.3 is 26.2 Å². The summed E-state index contributed by atoms with van der Waals surface area (Å²) >= 11 is 4.90. The van der Waals surface area contributed by atoms with Gasteiger partial charge in [0.1, 0.15) is 0 Å². The summed E-state index contributed by atoms with van der Waals surface area (Å²) in [5, 5.41) is 6.04. The standard InChI is InChI=1S/C22H31N5OS/c1-5-26(3)12-13-27(4)15-17-7-9-18(10-8-17)21(28)24-19-11-6-16(2)20(14-19)25-22(23)29/h6-11,14H,5,12-13,15H2,1-4H3,(H,24,28)(H3,23,25,29). The predicted molar refractivity (Wildman–Crippen MR) is 125 cm³/mol. The first-order chi connectivity index (χ1) is 13.8. The van der Waals surface area contributed by atoms with Crippen molar-refractivity contribution in [2.75, 3.05) is 44.4 Å².